The molecule has 0 spiro atoms. The monoisotopic (exact) mass is 254 g/mol. The van der Waals surface area contributed by atoms with Gasteiger partial charge in [-0.05, 0) is 44.9 Å². The minimum absolute atomic E-state index is 0.154. The lowest BCUT2D eigenvalue weighted by atomic mass is 9.93. The Morgan fingerprint density at radius 3 is 2.67 bits per heavy atom. The van der Waals surface area contributed by atoms with Gasteiger partial charge in [0.25, 0.3) is 0 Å². The topological polar surface area (TPSA) is 69.6 Å². The van der Waals surface area contributed by atoms with Crippen LogP contribution >= 0.6 is 0 Å². The highest BCUT2D eigenvalue weighted by molar-refractivity contribution is 5.87. The average Bonchev–Trinajstić information content (AvgIpc) is 3.07. The molecule has 2 fully saturated rings. The number of carbonyl (C=O) groups excluding carboxylic acids is 1. The third-order valence-corrected chi connectivity index (χ3v) is 4.40. The third-order valence-electron chi connectivity index (χ3n) is 4.40. The molecule has 5 heteroatoms. The van der Waals surface area contributed by atoms with Gasteiger partial charge in [-0.2, -0.15) is 0 Å². The molecule has 0 aromatic carbocycles. The van der Waals surface area contributed by atoms with Gasteiger partial charge in [0.05, 0.1) is 0 Å². The number of urea groups is 1. The van der Waals surface area contributed by atoms with Crippen LogP contribution in [-0.2, 0) is 4.79 Å². The first kappa shape index (κ1) is 13.2. The summed E-state index contributed by atoms with van der Waals surface area (Å²) in [6.45, 7) is 4.38. The van der Waals surface area contributed by atoms with Crippen LogP contribution in [0.15, 0.2) is 0 Å². The standard InChI is InChI=1S/C13H22N2O3/c1-3-13(11(16)17)7-4-8-15(13)12(18)14-9(2)10-5-6-10/h9-10H,3-8H2,1-2H3,(H,14,18)(H,16,17). The van der Waals surface area contributed by atoms with Crippen molar-refractivity contribution in [1.82, 2.24) is 10.2 Å². The number of carboxylic acids is 1. The maximum absolute atomic E-state index is 12.2. The Balaban J connectivity index is 2.05. The van der Waals surface area contributed by atoms with E-state index < -0.39 is 11.5 Å². The lowest BCUT2D eigenvalue weighted by molar-refractivity contribution is -0.148. The highest BCUT2D eigenvalue weighted by Crippen LogP contribution is 2.35. The van der Waals surface area contributed by atoms with Gasteiger partial charge < -0.3 is 15.3 Å². The molecule has 102 valence electrons. The van der Waals surface area contributed by atoms with Crippen molar-refractivity contribution in [2.75, 3.05) is 6.54 Å². The van der Waals surface area contributed by atoms with E-state index in [4.69, 9.17) is 0 Å². The van der Waals surface area contributed by atoms with Crippen LogP contribution < -0.4 is 5.32 Å². The number of nitrogens with zero attached hydrogens (tertiary/aromatic N) is 1. The van der Waals surface area contributed by atoms with E-state index in [2.05, 4.69) is 5.32 Å². The van der Waals surface area contributed by atoms with E-state index >= 15 is 0 Å². The van der Waals surface area contributed by atoms with Gasteiger partial charge in [0.15, 0.2) is 0 Å². The molecule has 5 nitrogen and oxygen atoms in total. The highest BCUT2D eigenvalue weighted by Gasteiger charge is 2.49. The van der Waals surface area contributed by atoms with Gasteiger partial charge in [0.2, 0.25) is 0 Å². The fourth-order valence-corrected chi connectivity index (χ4v) is 2.90. The first-order valence-corrected chi connectivity index (χ1v) is 6.83. The molecule has 2 unspecified atom stereocenters. The number of carboxylic acid groups (broad SMARTS) is 1. The molecule has 2 rings (SSSR count). The van der Waals surface area contributed by atoms with Crippen LogP contribution in [0, 0.1) is 5.92 Å². The molecule has 18 heavy (non-hydrogen) atoms. The fourth-order valence-electron chi connectivity index (χ4n) is 2.90. The van der Waals surface area contributed by atoms with Gasteiger partial charge in [0, 0.05) is 12.6 Å². The first-order valence-electron chi connectivity index (χ1n) is 6.83. The summed E-state index contributed by atoms with van der Waals surface area (Å²) < 4.78 is 0. The molecular weight excluding hydrogens is 232 g/mol. The molecule has 1 aliphatic heterocycles. The number of amides is 2. The van der Waals surface area contributed by atoms with Crippen molar-refractivity contribution in [1.29, 1.82) is 0 Å². The summed E-state index contributed by atoms with van der Waals surface area (Å²) in [5.41, 5.74) is -0.993. The predicted molar refractivity (Wildman–Crippen MR) is 67.3 cm³/mol. The Hall–Kier alpha value is -1.26. The van der Waals surface area contributed by atoms with E-state index in [0.717, 1.165) is 6.42 Å². The average molecular weight is 254 g/mol. The van der Waals surface area contributed by atoms with Gasteiger partial charge in [-0.3, -0.25) is 0 Å². The quantitative estimate of drug-likeness (QED) is 0.804. The zero-order valence-electron chi connectivity index (χ0n) is 11.1. The first-order chi connectivity index (χ1) is 8.51. The Kier molecular flexibility index (Phi) is 3.50. The van der Waals surface area contributed by atoms with Gasteiger partial charge in [-0.25, -0.2) is 9.59 Å². The minimum atomic E-state index is -0.993. The SMILES string of the molecule is CCC1(C(=O)O)CCCN1C(=O)NC(C)C1CC1. The van der Waals surface area contributed by atoms with Gasteiger partial charge in [-0.1, -0.05) is 6.92 Å². The molecule has 0 radical (unpaired) electrons. The summed E-state index contributed by atoms with van der Waals surface area (Å²) in [5, 5.41) is 12.4. The maximum Gasteiger partial charge on any atom is 0.329 e. The van der Waals surface area contributed by atoms with Crippen molar-refractivity contribution in [3.05, 3.63) is 0 Å². The second kappa shape index (κ2) is 4.78. The summed E-state index contributed by atoms with van der Waals surface area (Å²) in [5.74, 6) is -0.297. The second-order valence-corrected chi connectivity index (χ2v) is 5.52. The Labute approximate surface area is 108 Å². The van der Waals surface area contributed by atoms with Crippen LogP contribution in [0.3, 0.4) is 0 Å². The number of aliphatic carboxylic acids is 1. The largest absolute Gasteiger partial charge is 0.479 e. The lowest BCUT2D eigenvalue weighted by Gasteiger charge is -2.34. The molecule has 0 bridgehead atoms. The summed E-state index contributed by atoms with van der Waals surface area (Å²) in [6.07, 6.45) is 4.13. The van der Waals surface area contributed by atoms with Crippen LogP contribution in [0.4, 0.5) is 4.79 Å². The smallest absolute Gasteiger partial charge is 0.329 e. The van der Waals surface area contributed by atoms with Crippen LogP contribution in [0.25, 0.3) is 0 Å². The molecule has 2 amide bonds. The summed E-state index contributed by atoms with van der Waals surface area (Å²) in [4.78, 5) is 25.2. The zero-order valence-corrected chi connectivity index (χ0v) is 11.1. The molecular formula is C13H22N2O3. The molecule has 1 heterocycles. The van der Waals surface area contributed by atoms with E-state index in [9.17, 15) is 14.7 Å². The second-order valence-electron chi connectivity index (χ2n) is 5.52. The molecule has 1 saturated heterocycles. The van der Waals surface area contributed by atoms with Crippen molar-refractivity contribution in [3.63, 3.8) is 0 Å². The molecule has 0 aromatic heterocycles. The molecule has 1 saturated carbocycles. The lowest BCUT2D eigenvalue weighted by Crippen LogP contribution is -2.57. The van der Waals surface area contributed by atoms with Crippen molar-refractivity contribution in [2.24, 2.45) is 5.92 Å². The number of hydrogen-bond donors (Lipinski definition) is 2. The zero-order chi connectivity index (χ0) is 13.3. The van der Waals surface area contributed by atoms with Crippen LogP contribution in [0.2, 0.25) is 0 Å². The third kappa shape index (κ3) is 2.18. The van der Waals surface area contributed by atoms with E-state index in [1.54, 1.807) is 0 Å². The number of likely N-dealkylation sites (tertiary alicyclic amines) is 1. The molecule has 1 aliphatic carbocycles. The predicted octanol–water partition coefficient (Wildman–Crippen LogP) is 1.82. The van der Waals surface area contributed by atoms with Gasteiger partial charge >= 0.3 is 12.0 Å². The van der Waals surface area contributed by atoms with E-state index in [0.29, 0.717) is 25.3 Å². The van der Waals surface area contributed by atoms with Crippen LogP contribution in [-0.4, -0.2) is 40.1 Å². The van der Waals surface area contributed by atoms with Crippen molar-refractivity contribution in [2.45, 2.75) is 57.5 Å². The summed E-state index contributed by atoms with van der Waals surface area (Å²) >= 11 is 0. The van der Waals surface area contributed by atoms with Gasteiger partial charge in [0.1, 0.15) is 5.54 Å². The van der Waals surface area contributed by atoms with Crippen molar-refractivity contribution < 1.29 is 14.7 Å². The minimum Gasteiger partial charge on any atom is -0.479 e. The molecule has 2 aliphatic rings. The van der Waals surface area contributed by atoms with Gasteiger partial charge in [-0.15, -0.1) is 0 Å². The Morgan fingerprint density at radius 1 is 1.50 bits per heavy atom. The van der Waals surface area contributed by atoms with Crippen LogP contribution in [0.1, 0.15) is 46.0 Å². The summed E-state index contributed by atoms with van der Waals surface area (Å²) in [7, 11) is 0. The van der Waals surface area contributed by atoms with E-state index in [1.165, 1.54) is 17.7 Å². The molecule has 2 N–H and O–H groups in total. The molecule has 0 aromatic rings. The number of carbonyl (C=O) groups is 2. The Morgan fingerprint density at radius 2 is 2.17 bits per heavy atom. The number of nitrogens with one attached hydrogen (secondary N) is 1. The maximum atomic E-state index is 12.2. The highest BCUT2D eigenvalue weighted by atomic mass is 16.4. The van der Waals surface area contributed by atoms with E-state index in [1.807, 2.05) is 13.8 Å². The van der Waals surface area contributed by atoms with E-state index in [-0.39, 0.29) is 12.1 Å². The fraction of sp³-hybridized carbons (Fsp3) is 0.846. The number of rotatable bonds is 4. The number of hydrogen-bond acceptors (Lipinski definition) is 2. The van der Waals surface area contributed by atoms with Crippen molar-refractivity contribution in [3.8, 4) is 0 Å². The van der Waals surface area contributed by atoms with Crippen molar-refractivity contribution >= 4 is 12.0 Å². The Bertz CT molecular complexity index is 354. The summed E-state index contributed by atoms with van der Waals surface area (Å²) in [6, 6.07) is -0.0578. The normalized spacial score (nSPS) is 29.1. The molecule has 2 atom stereocenters. The van der Waals surface area contributed by atoms with Crippen LogP contribution in [0.5, 0.6) is 0 Å².